The summed E-state index contributed by atoms with van der Waals surface area (Å²) >= 11 is 0. The fourth-order valence-corrected chi connectivity index (χ4v) is 10.6. The topological polar surface area (TPSA) is 192 Å². The van der Waals surface area contributed by atoms with Gasteiger partial charge in [0.05, 0.1) is 25.4 Å². The number of aliphatic hydroxyl groups is 4. The van der Waals surface area contributed by atoms with Crippen LogP contribution in [0.2, 0.25) is 0 Å². The molecule has 1 aliphatic rings. The van der Waals surface area contributed by atoms with E-state index in [1.165, 1.54) is 225 Å². The average molecular weight is 1080 g/mol. The number of rotatable bonds is 55. The number of carbonyl (C=O) groups is 1. The number of allylic oxidation sites excluding steroid dienone is 5. The van der Waals surface area contributed by atoms with Crippen LogP contribution in [0.4, 0.5) is 0 Å². The van der Waals surface area contributed by atoms with Crippen molar-refractivity contribution in [1.29, 1.82) is 0 Å². The first kappa shape index (κ1) is 71.3. The summed E-state index contributed by atoms with van der Waals surface area (Å²) in [7, 11) is -5.09. The van der Waals surface area contributed by atoms with E-state index in [2.05, 4.69) is 47.7 Å². The van der Waals surface area contributed by atoms with Crippen LogP contribution < -0.4 is 5.32 Å². The van der Waals surface area contributed by atoms with Gasteiger partial charge in [0.15, 0.2) is 6.29 Å². The molecule has 7 atom stereocenters. The molecule has 1 rings (SSSR count). The predicted molar refractivity (Wildman–Crippen MR) is 310 cm³/mol. The largest absolute Gasteiger partial charge is 0.397 e. The van der Waals surface area contributed by atoms with Crippen molar-refractivity contribution in [2.24, 2.45) is 0 Å². The first-order valence-corrected chi connectivity index (χ1v) is 32.7. The summed E-state index contributed by atoms with van der Waals surface area (Å²) in [5.74, 6) is -0.259. The Morgan fingerprint density at radius 1 is 0.533 bits per heavy atom. The Morgan fingerprint density at radius 3 is 1.27 bits per heavy atom. The van der Waals surface area contributed by atoms with Crippen molar-refractivity contribution in [2.45, 2.75) is 339 Å². The van der Waals surface area contributed by atoms with Gasteiger partial charge in [-0.2, -0.15) is 8.42 Å². The molecule has 1 heterocycles. The van der Waals surface area contributed by atoms with Crippen molar-refractivity contribution in [1.82, 2.24) is 5.32 Å². The van der Waals surface area contributed by atoms with Gasteiger partial charge in [-0.1, -0.05) is 275 Å². The molecule has 1 saturated heterocycles. The van der Waals surface area contributed by atoms with Gasteiger partial charge in [0, 0.05) is 6.42 Å². The number of nitrogens with one attached hydrogen (secondary N) is 1. The maximum atomic E-state index is 13.1. The molecule has 0 saturated carbocycles. The van der Waals surface area contributed by atoms with Gasteiger partial charge in [-0.15, -0.1) is 0 Å². The van der Waals surface area contributed by atoms with E-state index in [0.29, 0.717) is 6.42 Å². The molecule has 0 aromatic carbocycles. The fourth-order valence-electron chi connectivity index (χ4n) is 10.1. The predicted octanol–water partition coefficient (Wildman–Crippen LogP) is 15.3. The molecular formula is C62H117NO11S. The Morgan fingerprint density at radius 2 is 0.893 bits per heavy atom. The number of aliphatic hydroxyl groups excluding tert-OH is 4. The molecule has 1 amide bonds. The summed E-state index contributed by atoms with van der Waals surface area (Å²) in [4.78, 5) is 13.1. The molecule has 1 aliphatic heterocycles. The summed E-state index contributed by atoms with van der Waals surface area (Å²) in [5, 5.41) is 45.0. The zero-order valence-electron chi connectivity index (χ0n) is 48.1. The molecule has 0 aromatic heterocycles. The lowest BCUT2D eigenvalue weighted by Gasteiger charge is -2.41. The van der Waals surface area contributed by atoms with Gasteiger partial charge in [0.2, 0.25) is 5.91 Å². The number of carbonyl (C=O) groups excluding carboxylic acids is 1. The number of hydrogen-bond acceptors (Lipinski definition) is 10. The molecule has 1 fully saturated rings. The molecule has 12 nitrogen and oxygen atoms in total. The molecule has 6 N–H and O–H groups in total. The van der Waals surface area contributed by atoms with Gasteiger partial charge >= 0.3 is 10.4 Å². The first-order chi connectivity index (χ1) is 36.5. The van der Waals surface area contributed by atoms with E-state index in [1.54, 1.807) is 6.08 Å². The number of amides is 1. The van der Waals surface area contributed by atoms with Crippen molar-refractivity contribution >= 4 is 16.3 Å². The number of unbranched alkanes of at least 4 members (excludes halogenated alkanes) is 39. The van der Waals surface area contributed by atoms with Crippen molar-refractivity contribution in [2.75, 3.05) is 13.2 Å². The van der Waals surface area contributed by atoms with E-state index in [0.717, 1.165) is 44.9 Å². The molecule has 0 aromatic rings. The minimum absolute atomic E-state index is 0.259. The minimum atomic E-state index is -5.09. The average Bonchev–Trinajstić information content (AvgIpc) is 3.39. The third-order valence-corrected chi connectivity index (χ3v) is 15.4. The second kappa shape index (κ2) is 51.7. The van der Waals surface area contributed by atoms with Crippen LogP contribution in [0.3, 0.4) is 0 Å². The number of hydrogen-bond donors (Lipinski definition) is 6. The molecule has 0 spiro atoms. The van der Waals surface area contributed by atoms with Crippen LogP contribution in [0.25, 0.3) is 0 Å². The lowest BCUT2D eigenvalue weighted by molar-refractivity contribution is -0.298. The van der Waals surface area contributed by atoms with Crippen LogP contribution in [0.5, 0.6) is 0 Å². The minimum Gasteiger partial charge on any atom is -0.394 e. The van der Waals surface area contributed by atoms with Crippen molar-refractivity contribution in [3.8, 4) is 0 Å². The number of ether oxygens (including phenoxy) is 2. The van der Waals surface area contributed by atoms with Crippen molar-refractivity contribution in [3.63, 3.8) is 0 Å². The molecule has 7 unspecified atom stereocenters. The van der Waals surface area contributed by atoms with E-state index in [9.17, 15) is 38.2 Å². The van der Waals surface area contributed by atoms with E-state index in [4.69, 9.17) is 9.47 Å². The van der Waals surface area contributed by atoms with Gasteiger partial charge in [-0.25, -0.2) is 4.18 Å². The van der Waals surface area contributed by atoms with E-state index in [-0.39, 0.29) is 18.9 Å². The fraction of sp³-hybridized carbons (Fsp3) is 0.887. The van der Waals surface area contributed by atoms with E-state index >= 15 is 0 Å². The highest BCUT2D eigenvalue weighted by Gasteiger charge is 2.48. The highest BCUT2D eigenvalue weighted by atomic mass is 32.3. The van der Waals surface area contributed by atoms with Gasteiger partial charge < -0.3 is 35.2 Å². The maximum Gasteiger partial charge on any atom is 0.397 e. The zero-order valence-corrected chi connectivity index (χ0v) is 48.9. The lowest BCUT2D eigenvalue weighted by Crippen LogP contribution is -2.61. The molecule has 0 bridgehead atoms. The summed E-state index contributed by atoms with van der Waals surface area (Å²) in [6.45, 7) is 3.42. The normalized spacial score (nSPS) is 19.3. The second-order valence-corrected chi connectivity index (χ2v) is 23.0. The summed E-state index contributed by atoms with van der Waals surface area (Å²) in [6.07, 6.45) is 57.8. The smallest absolute Gasteiger partial charge is 0.394 e. The Labute approximate surface area is 460 Å². The Balaban J connectivity index is 2.24. The molecule has 75 heavy (non-hydrogen) atoms. The quantitative estimate of drug-likeness (QED) is 0.0193. The summed E-state index contributed by atoms with van der Waals surface area (Å²) in [5.41, 5.74) is 0. The van der Waals surface area contributed by atoms with Gasteiger partial charge in [-0.05, 0) is 51.4 Å². The summed E-state index contributed by atoms with van der Waals surface area (Å²) < 4.78 is 47.9. The van der Waals surface area contributed by atoms with Crippen LogP contribution in [-0.4, -0.2) is 95.4 Å². The Kier molecular flexibility index (Phi) is 49.2. The Hall–Kier alpha value is -1.68. The first-order valence-electron chi connectivity index (χ1n) is 31.4. The van der Waals surface area contributed by atoms with E-state index < -0.39 is 59.9 Å². The molecule has 442 valence electrons. The van der Waals surface area contributed by atoms with E-state index in [1.807, 2.05) is 6.08 Å². The monoisotopic (exact) mass is 1080 g/mol. The van der Waals surface area contributed by atoms with Crippen LogP contribution in [-0.2, 0) is 28.9 Å². The third-order valence-electron chi connectivity index (χ3n) is 14.9. The highest BCUT2D eigenvalue weighted by molar-refractivity contribution is 7.80. The van der Waals surface area contributed by atoms with Crippen LogP contribution in [0.1, 0.15) is 296 Å². The second-order valence-electron chi connectivity index (χ2n) is 22.0. The van der Waals surface area contributed by atoms with Crippen LogP contribution >= 0.6 is 0 Å². The van der Waals surface area contributed by atoms with Crippen molar-refractivity contribution < 1.29 is 51.8 Å². The SMILES string of the molecule is CCCCCCCCCCC/C=C\C/C=C\CCCCCCCCCCCCCCCCCCCC(=O)NC(COC1OC(CO)C(O)C(OS(=O)(=O)O)C1O)C(O)/C=C/CCCCCCCCCCCCCCC. The van der Waals surface area contributed by atoms with Crippen LogP contribution in [0.15, 0.2) is 36.5 Å². The molecular weight excluding hydrogens is 967 g/mol. The molecule has 13 heteroatoms. The lowest BCUT2D eigenvalue weighted by atomic mass is 9.99. The molecule has 0 aliphatic carbocycles. The Bertz CT molecular complexity index is 1460. The zero-order chi connectivity index (χ0) is 54.7. The third kappa shape index (κ3) is 43.8. The van der Waals surface area contributed by atoms with Crippen molar-refractivity contribution in [3.05, 3.63) is 36.5 Å². The molecule has 0 radical (unpaired) electrons. The maximum absolute atomic E-state index is 13.1. The van der Waals surface area contributed by atoms with Gasteiger partial charge in [0.1, 0.15) is 24.4 Å². The highest BCUT2D eigenvalue weighted by Crippen LogP contribution is 2.26. The van der Waals surface area contributed by atoms with Gasteiger partial charge in [0.25, 0.3) is 0 Å². The van der Waals surface area contributed by atoms with Gasteiger partial charge in [-0.3, -0.25) is 9.35 Å². The standard InChI is InChI=1S/C62H117NO11S/c1-3-5-7-9-11-13-15-17-19-20-21-22-23-24-25-26-27-28-29-30-31-32-33-34-35-36-38-40-42-44-46-48-50-52-58(66)63-55(54-72-62-60(68)61(74-75(69,70)71)59(67)57(53-64)73-62)56(65)51-49-47-45-43-41-39-37-18-16-14-12-10-8-6-4-2/h21-22,24-25,49,51,55-57,59-62,64-65,67-68H,3-20,23,26-48,50,52-54H2,1-2H3,(H,63,66)(H,69,70,71)/b22-21-,25-24-,51-49+. The summed E-state index contributed by atoms with van der Waals surface area (Å²) in [6, 6.07) is -0.943. The van der Waals surface area contributed by atoms with Crippen LogP contribution in [0, 0.1) is 0 Å².